The summed E-state index contributed by atoms with van der Waals surface area (Å²) in [5.41, 5.74) is 1.17. The Bertz CT molecular complexity index is 764. The molecule has 1 aliphatic heterocycles. The number of halogens is 1. The van der Waals surface area contributed by atoms with E-state index in [9.17, 15) is 9.59 Å². The molecule has 1 fully saturated rings. The van der Waals surface area contributed by atoms with Crippen molar-refractivity contribution >= 4 is 35.4 Å². The highest BCUT2D eigenvalue weighted by molar-refractivity contribution is 6.02. The Morgan fingerprint density at radius 3 is 2.88 bits per heavy atom. The first-order chi connectivity index (χ1) is 11.6. The SMILES string of the molecule is COC(=O)c1c2ccccc2nn1CC[C@@H]1CN(C(=O)O)CCN1.Cl. The summed E-state index contributed by atoms with van der Waals surface area (Å²) in [7, 11) is 1.35. The zero-order valence-corrected chi connectivity index (χ0v) is 14.7. The van der Waals surface area contributed by atoms with Crippen LogP contribution in [0.1, 0.15) is 16.9 Å². The lowest BCUT2D eigenvalue weighted by molar-refractivity contribution is 0.0588. The minimum absolute atomic E-state index is 0. The van der Waals surface area contributed by atoms with E-state index in [0.29, 0.717) is 38.3 Å². The number of carboxylic acid groups (broad SMARTS) is 1. The van der Waals surface area contributed by atoms with Gasteiger partial charge >= 0.3 is 12.1 Å². The van der Waals surface area contributed by atoms with Gasteiger partial charge in [0.05, 0.1) is 12.6 Å². The number of ether oxygens (including phenoxy) is 1. The second kappa shape index (κ2) is 8.17. The van der Waals surface area contributed by atoms with E-state index in [1.165, 1.54) is 12.0 Å². The summed E-state index contributed by atoms with van der Waals surface area (Å²) >= 11 is 0. The summed E-state index contributed by atoms with van der Waals surface area (Å²) in [6.45, 7) is 2.06. The number of fused-ring (bicyclic) bond motifs is 1. The van der Waals surface area contributed by atoms with Crippen LogP contribution in [0, 0.1) is 0 Å². The van der Waals surface area contributed by atoms with Gasteiger partial charge in [-0.1, -0.05) is 18.2 Å². The van der Waals surface area contributed by atoms with E-state index in [1.54, 1.807) is 4.68 Å². The van der Waals surface area contributed by atoms with Gasteiger partial charge in [-0.3, -0.25) is 4.68 Å². The maximum atomic E-state index is 12.1. The summed E-state index contributed by atoms with van der Waals surface area (Å²) < 4.78 is 6.53. The van der Waals surface area contributed by atoms with Crippen LogP contribution in [0.15, 0.2) is 24.3 Å². The average molecular weight is 369 g/mol. The molecule has 0 aliphatic carbocycles. The molecule has 0 spiro atoms. The summed E-state index contributed by atoms with van der Waals surface area (Å²) in [6.07, 6.45) is -0.233. The van der Waals surface area contributed by atoms with Crippen molar-refractivity contribution < 1.29 is 19.4 Å². The number of nitrogens with zero attached hydrogens (tertiary/aromatic N) is 3. The molecule has 1 aromatic heterocycles. The fraction of sp³-hybridized carbons (Fsp3) is 0.438. The number of esters is 1. The van der Waals surface area contributed by atoms with E-state index in [1.807, 2.05) is 24.3 Å². The van der Waals surface area contributed by atoms with Crippen LogP contribution in [-0.4, -0.2) is 64.6 Å². The van der Waals surface area contributed by atoms with Crippen LogP contribution >= 0.6 is 12.4 Å². The quantitative estimate of drug-likeness (QED) is 0.795. The minimum Gasteiger partial charge on any atom is -0.465 e. The highest BCUT2D eigenvalue weighted by Crippen LogP contribution is 2.20. The molecule has 1 aliphatic rings. The second-order valence-electron chi connectivity index (χ2n) is 5.75. The van der Waals surface area contributed by atoms with Crippen molar-refractivity contribution in [1.29, 1.82) is 0 Å². The third kappa shape index (κ3) is 4.02. The van der Waals surface area contributed by atoms with Crippen molar-refractivity contribution in [3.8, 4) is 0 Å². The van der Waals surface area contributed by atoms with Crippen LogP contribution in [-0.2, 0) is 11.3 Å². The molecule has 2 N–H and O–H groups in total. The predicted octanol–water partition coefficient (Wildman–Crippen LogP) is 1.59. The van der Waals surface area contributed by atoms with Crippen LogP contribution in [0.2, 0.25) is 0 Å². The Morgan fingerprint density at radius 1 is 1.40 bits per heavy atom. The third-order valence-electron chi connectivity index (χ3n) is 4.24. The molecular formula is C16H21ClN4O4. The first kappa shape index (κ1) is 19.0. The second-order valence-corrected chi connectivity index (χ2v) is 5.75. The molecule has 2 heterocycles. The Hall–Kier alpha value is -2.32. The Labute approximate surface area is 151 Å². The van der Waals surface area contributed by atoms with Gasteiger partial charge < -0.3 is 20.1 Å². The Morgan fingerprint density at radius 2 is 2.16 bits per heavy atom. The topological polar surface area (TPSA) is 96.7 Å². The van der Waals surface area contributed by atoms with Crippen molar-refractivity contribution in [2.45, 2.75) is 19.0 Å². The highest BCUT2D eigenvalue weighted by Gasteiger charge is 2.24. The number of aromatic nitrogens is 2. The van der Waals surface area contributed by atoms with Gasteiger partial charge in [-0.2, -0.15) is 5.10 Å². The molecule has 0 saturated carbocycles. The minimum atomic E-state index is -0.901. The molecule has 3 rings (SSSR count). The number of rotatable bonds is 4. The molecule has 1 amide bonds. The molecule has 0 bridgehead atoms. The van der Waals surface area contributed by atoms with Gasteiger partial charge in [-0.05, 0) is 12.5 Å². The number of methoxy groups -OCH3 is 1. The number of aryl methyl sites for hydroxylation is 1. The molecular weight excluding hydrogens is 348 g/mol. The number of hydrogen-bond acceptors (Lipinski definition) is 5. The van der Waals surface area contributed by atoms with Crippen molar-refractivity contribution in [2.24, 2.45) is 0 Å². The number of carbonyl (C=O) groups is 2. The van der Waals surface area contributed by atoms with E-state index in [0.717, 1.165) is 10.9 Å². The molecule has 1 atom stereocenters. The van der Waals surface area contributed by atoms with Crippen LogP contribution in [0.25, 0.3) is 10.9 Å². The van der Waals surface area contributed by atoms with Crippen LogP contribution < -0.4 is 5.32 Å². The molecule has 8 nitrogen and oxygen atoms in total. The van der Waals surface area contributed by atoms with Crippen molar-refractivity contribution in [1.82, 2.24) is 20.0 Å². The largest absolute Gasteiger partial charge is 0.465 e. The number of piperazine rings is 1. The normalized spacial score (nSPS) is 17.2. The average Bonchev–Trinajstić information content (AvgIpc) is 2.98. The predicted molar refractivity (Wildman–Crippen MR) is 94.3 cm³/mol. The number of amides is 1. The molecule has 136 valence electrons. The lowest BCUT2D eigenvalue weighted by Gasteiger charge is -2.31. The van der Waals surface area contributed by atoms with Crippen molar-refractivity contribution in [3.05, 3.63) is 30.0 Å². The maximum absolute atomic E-state index is 12.1. The molecule has 1 aromatic carbocycles. The van der Waals surface area contributed by atoms with E-state index in [-0.39, 0.29) is 18.4 Å². The molecule has 25 heavy (non-hydrogen) atoms. The van der Waals surface area contributed by atoms with Crippen molar-refractivity contribution in [3.63, 3.8) is 0 Å². The Balaban J connectivity index is 0.00000225. The van der Waals surface area contributed by atoms with Gasteiger partial charge in [-0.15, -0.1) is 12.4 Å². The van der Waals surface area contributed by atoms with Crippen molar-refractivity contribution in [2.75, 3.05) is 26.7 Å². The van der Waals surface area contributed by atoms with Gasteiger partial charge in [0.1, 0.15) is 0 Å². The summed E-state index contributed by atoms with van der Waals surface area (Å²) in [6, 6.07) is 7.45. The molecule has 0 unspecified atom stereocenters. The number of carbonyl (C=O) groups excluding carboxylic acids is 1. The van der Waals surface area contributed by atoms with E-state index in [2.05, 4.69) is 10.4 Å². The zero-order chi connectivity index (χ0) is 17.1. The van der Waals surface area contributed by atoms with Gasteiger partial charge in [0.15, 0.2) is 5.69 Å². The maximum Gasteiger partial charge on any atom is 0.407 e. The van der Waals surface area contributed by atoms with Crippen LogP contribution in [0.3, 0.4) is 0 Å². The lowest BCUT2D eigenvalue weighted by atomic mass is 10.1. The van der Waals surface area contributed by atoms with Crippen LogP contribution in [0.4, 0.5) is 4.79 Å². The summed E-state index contributed by atoms with van der Waals surface area (Å²) in [5.74, 6) is -0.424. The van der Waals surface area contributed by atoms with E-state index in [4.69, 9.17) is 9.84 Å². The van der Waals surface area contributed by atoms with E-state index >= 15 is 0 Å². The van der Waals surface area contributed by atoms with Gasteiger partial charge in [-0.25, -0.2) is 9.59 Å². The first-order valence-corrected chi connectivity index (χ1v) is 7.85. The monoisotopic (exact) mass is 368 g/mol. The van der Waals surface area contributed by atoms with E-state index < -0.39 is 12.1 Å². The summed E-state index contributed by atoms with van der Waals surface area (Å²) in [4.78, 5) is 24.6. The number of benzene rings is 1. The first-order valence-electron chi connectivity index (χ1n) is 7.85. The fourth-order valence-corrected chi connectivity index (χ4v) is 3.02. The fourth-order valence-electron chi connectivity index (χ4n) is 3.02. The Kier molecular flexibility index (Phi) is 6.22. The third-order valence-corrected chi connectivity index (χ3v) is 4.24. The molecule has 2 aromatic rings. The molecule has 9 heteroatoms. The lowest BCUT2D eigenvalue weighted by Crippen LogP contribution is -2.52. The van der Waals surface area contributed by atoms with Gasteiger partial charge in [0.2, 0.25) is 0 Å². The van der Waals surface area contributed by atoms with Gasteiger partial charge in [0.25, 0.3) is 0 Å². The summed E-state index contributed by atoms with van der Waals surface area (Å²) in [5, 5.41) is 17.6. The smallest absolute Gasteiger partial charge is 0.407 e. The number of hydrogen-bond donors (Lipinski definition) is 2. The highest BCUT2D eigenvalue weighted by atomic mass is 35.5. The molecule has 0 radical (unpaired) electrons. The number of nitrogens with one attached hydrogen (secondary N) is 1. The van der Waals surface area contributed by atoms with Crippen LogP contribution in [0.5, 0.6) is 0 Å². The van der Waals surface area contributed by atoms with Gasteiger partial charge in [0, 0.05) is 37.6 Å². The molecule has 1 saturated heterocycles. The standard InChI is InChI=1S/C16H20N4O4.ClH/c1-24-15(21)14-12-4-2-3-5-13(12)18-20(14)8-6-11-10-19(16(22)23)9-7-17-11;/h2-5,11,17H,6-10H2,1H3,(H,22,23);1H/t11-;/m1./s1. The zero-order valence-electron chi connectivity index (χ0n) is 13.8.